The molecule has 0 aliphatic carbocycles. The molecule has 0 aliphatic rings. The minimum absolute atomic E-state index is 0.0803. The summed E-state index contributed by atoms with van der Waals surface area (Å²) in [5, 5.41) is 0. The quantitative estimate of drug-likeness (QED) is 0.840. The van der Waals surface area contributed by atoms with Gasteiger partial charge in [-0.05, 0) is 33.5 Å². The van der Waals surface area contributed by atoms with E-state index in [1.54, 1.807) is 19.0 Å². The molecule has 0 spiro atoms. The van der Waals surface area contributed by atoms with Gasteiger partial charge in [-0.2, -0.15) is 26.3 Å². The smallest absolute Gasteiger partial charge is 0.364 e. The Balaban J connectivity index is 3.03. The van der Waals surface area contributed by atoms with Crippen LogP contribution in [0.2, 0.25) is 0 Å². The number of aromatic amines is 1. The number of nitrogens with one attached hydrogen (secondary N) is 1. The van der Waals surface area contributed by atoms with Gasteiger partial charge in [0, 0.05) is 11.9 Å². The first-order chi connectivity index (χ1) is 8.53. The fourth-order valence-corrected chi connectivity index (χ4v) is 1.78. The molecule has 0 saturated heterocycles. The van der Waals surface area contributed by atoms with E-state index in [1.807, 2.05) is 0 Å². The molecule has 2 nitrogen and oxygen atoms in total. The van der Waals surface area contributed by atoms with Gasteiger partial charge in [-0.1, -0.05) is 0 Å². The normalized spacial score (nSPS) is 13.3. The van der Waals surface area contributed by atoms with Crippen LogP contribution in [0, 0.1) is 0 Å². The summed E-state index contributed by atoms with van der Waals surface area (Å²) in [5.41, 5.74) is -3.67. The van der Waals surface area contributed by atoms with Gasteiger partial charge in [0.25, 0.3) is 0 Å². The fourth-order valence-electron chi connectivity index (χ4n) is 1.78. The van der Waals surface area contributed by atoms with Crippen LogP contribution < -0.4 is 0 Å². The molecule has 1 aromatic heterocycles. The Kier molecular flexibility index (Phi) is 4.54. The Morgan fingerprint density at radius 1 is 1.05 bits per heavy atom. The average molecular weight is 288 g/mol. The lowest BCUT2D eigenvalue weighted by molar-refractivity contribution is -0.161. The molecule has 8 heteroatoms. The molecule has 0 aromatic carbocycles. The average Bonchev–Trinajstić information content (AvgIpc) is 2.59. The van der Waals surface area contributed by atoms with Gasteiger partial charge >= 0.3 is 12.4 Å². The van der Waals surface area contributed by atoms with Crippen LogP contribution in [0.15, 0.2) is 6.20 Å². The van der Waals surface area contributed by atoms with Crippen molar-refractivity contribution in [3.05, 3.63) is 23.0 Å². The van der Waals surface area contributed by atoms with Gasteiger partial charge in [0.1, 0.15) is 0 Å². The van der Waals surface area contributed by atoms with Crippen molar-refractivity contribution in [2.45, 2.75) is 25.2 Å². The molecule has 0 fully saturated rings. The summed E-state index contributed by atoms with van der Waals surface area (Å²) < 4.78 is 75.7. The number of rotatable bonds is 4. The van der Waals surface area contributed by atoms with E-state index in [2.05, 4.69) is 4.98 Å². The van der Waals surface area contributed by atoms with Crippen molar-refractivity contribution in [3.8, 4) is 0 Å². The first-order valence-corrected chi connectivity index (χ1v) is 5.53. The zero-order chi connectivity index (χ0) is 14.8. The number of aromatic nitrogens is 1. The first kappa shape index (κ1) is 15.9. The molecule has 1 N–H and O–H groups in total. The van der Waals surface area contributed by atoms with Crippen LogP contribution in [0.4, 0.5) is 26.3 Å². The maximum absolute atomic E-state index is 12.7. The lowest BCUT2D eigenvalue weighted by Gasteiger charge is -2.14. The van der Waals surface area contributed by atoms with E-state index < -0.39 is 29.2 Å². The van der Waals surface area contributed by atoms with Crippen molar-refractivity contribution in [2.75, 3.05) is 20.6 Å². The second-order valence-corrected chi connectivity index (χ2v) is 4.46. The second kappa shape index (κ2) is 5.44. The van der Waals surface area contributed by atoms with Crippen molar-refractivity contribution in [3.63, 3.8) is 0 Å². The number of hydrogen-bond acceptors (Lipinski definition) is 1. The Morgan fingerprint density at radius 3 is 2.05 bits per heavy atom. The van der Waals surface area contributed by atoms with Gasteiger partial charge in [0.15, 0.2) is 0 Å². The van der Waals surface area contributed by atoms with E-state index in [0.717, 1.165) is 0 Å². The molecule has 1 aromatic rings. The minimum atomic E-state index is -5.02. The summed E-state index contributed by atoms with van der Waals surface area (Å²) in [4.78, 5) is 3.85. The number of alkyl halides is 6. The van der Waals surface area contributed by atoms with Crippen molar-refractivity contribution in [1.82, 2.24) is 9.88 Å². The van der Waals surface area contributed by atoms with Crippen LogP contribution in [-0.2, 0) is 18.8 Å². The molecular weight excluding hydrogens is 274 g/mol. The van der Waals surface area contributed by atoms with Gasteiger partial charge in [-0.3, -0.25) is 0 Å². The fraction of sp³-hybridized carbons (Fsp3) is 0.636. The van der Waals surface area contributed by atoms with Crippen LogP contribution in [0.3, 0.4) is 0 Å². The Labute approximate surface area is 106 Å². The predicted molar refractivity (Wildman–Crippen MR) is 57.7 cm³/mol. The van der Waals surface area contributed by atoms with Crippen LogP contribution in [0.5, 0.6) is 0 Å². The highest BCUT2D eigenvalue weighted by Crippen LogP contribution is 2.42. The van der Waals surface area contributed by atoms with Gasteiger partial charge < -0.3 is 9.88 Å². The summed E-state index contributed by atoms with van der Waals surface area (Å²) in [6.07, 6.45) is -9.38. The second-order valence-electron chi connectivity index (χ2n) is 4.46. The maximum Gasteiger partial charge on any atom is 0.418 e. The molecule has 0 radical (unpaired) electrons. The number of hydrogen-bond donors (Lipinski definition) is 1. The highest BCUT2D eigenvalue weighted by molar-refractivity contribution is 5.36. The lowest BCUT2D eigenvalue weighted by Crippen LogP contribution is -2.17. The molecule has 0 unspecified atom stereocenters. The summed E-state index contributed by atoms with van der Waals surface area (Å²) in [6, 6.07) is 0. The standard InChI is InChI=1S/C11H14F6N2/c1-19(2)5-3-4-8-9(11(15,16)17)7(6-18-8)10(12,13)14/h6,18H,3-5H2,1-2H3. The Morgan fingerprint density at radius 2 is 1.63 bits per heavy atom. The van der Waals surface area contributed by atoms with Gasteiger partial charge in [-0.15, -0.1) is 0 Å². The topological polar surface area (TPSA) is 19.0 Å². The van der Waals surface area contributed by atoms with E-state index in [0.29, 0.717) is 19.2 Å². The summed E-state index contributed by atoms with van der Waals surface area (Å²) >= 11 is 0. The zero-order valence-electron chi connectivity index (χ0n) is 10.4. The van der Waals surface area contributed by atoms with E-state index in [-0.39, 0.29) is 6.42 Å². The first-order valence-electron chi connectivity index (χ1n) is 5.53. The molecule has 0 aliphatic heterocycles. The van der Waals surface area contributed by atoms with Crippen molar-refractivity contribution in [2.24, 2.45) is 0 Å². The van der Waals surface area contributed by atoms with Crippen molar-refractivity contribution >= 4 is 0 Å². The molecule has 110 valence electrons. The van der Waals surface area contributed by atoms with Crippen molar-refractivity contribution in [1.29, 1.82) is 0 Å². The monoisotopic (exact) mass is 288 g/mol. The van der Waals surface area contributed by atoms with Crippen LogP contribution in [0.25, 0.3) is 0 Å². The van der Waals surface area contributed by atoms with E-state index in [4.69, 9.17) is 0 Å². The minimum Gasteiger partial charge on any atom is -0.364 e. The predicted octanol–water partition coefficient (Wildman–Crippen LogP) is 3.55. The largest absolute Gasteiger partial charge is 0.418 e. The molecular formula is C11H14F6N2. The molecule has 0 amide bonds. The highest BCUT2D eigenvalue weighted by Gasteiger charge is 2.45. The molecule has 1 heterocycles. The van der Waals surface area contributed by atoms with Crippen molar-refractivity contribution < 1.29 is 26.3 Å². The third-order valence-electron chi connectivity index (χ3n) is 2.58. The third kappa shape index (κ3) is 4.15. The van der Waals surface area contributed by atoms with Gasteiger partial charge in [0.2, 0.25) is 0 Å². The third-order valence-corrected chi connectivity index (χ3v) is 2.58. The molecule has 0 bridgehead atoms. The molecule has 1 rings (SSSR count). The van der Waals surface area contributed by atoms with Crippen LogP contribution >= 0.6 is 0 Å². The SMILES string of the molecule is CN(C)CCCc1[nH]cc(C(F)(F)F)c1C(F)(F)F. The Bertz CT molecular complexity index is 416. The summed E-state index contributed by atoms with van der Waals surface area (Å²) in [6.45, 7) is 0.498. The number of aryl methyl sites for hydroxylation is 1. The summed E-state index contributed by atoms with van der Waals surface area (Å²) in [7, 11) is 3.47. The van der Waals surface area contributed by atoms with Gasteiger partial charge in [-0.25, -0.2) is 0 Å². The van der Waals surface area contributed by atoms with Gasteiger partial charge in [0.05, 0.1) is 11.1 Å². The molecule has 0 saturated carbocycles. The number of nitrogens with zero attached hydrogens (tertiary/aromatic N) is 1. The molecule has 0 atom stereocenters. The zero-order valence-corrected chi connectivity index (χ0v) is 10.4. The number of H-pyrrole nitrogens is 1. The van der Waals surface area contributed by atoms with Crippen LogP contribution in [-0.4, -0.2) is 30.5 Å². The van der Waals surface area contributed by atoms with E-state index >= 15 is 0 Å². The number of halogens is 6. The van der Waals surface area contributed by atoms with E-state index in [1.165, 1.54) is 0 Å². The lowest BCUT2D eigenvalue weighted by atomic mass is 10.1. The summed E-state index contributed by atoms with van der Waals surface area (Å²) in [5.74, 6) is 0. The Hall–Kier alpha value is -1.18. The van der Waals surface area contributed by atoms with E-state index in [9.17, 15) is 26.3 Å². The van der Waals surface area contributed by atoms with Crippen LogP contribution in [0.1, 0.15) is 23.2 Å². The maximum atomic E-state index is 12.7. The molecule has 19 heavy (non-hydrogen) atoms. The highest BCUT2D eigenvalue weighted by atomic mass is 19.4.